The molecule has 0 saturated heterocycles. The van der Waals surface area contributed by atoms with Crippen molar-refractivity contribution in [2.45, 2.75) is 13.1 Å². The Morgan fingerprint density at radius 1 is 0.839 bits per heavy atom. The van der Waals surface area contributed by atoms with Crippen molar-refractivity contribution >= 4 is 26.7 Å². The SMILES string of the molecule is O=c1cc(-c2cccc3ccccc23)ccn1Cc1cncn1Cc1ccc(Br)cc1. The van der Waals surface area contributed by atoms with Crippen LogP contribution in [0.15, 0.2) is 107 Å². The topological polar surface area (TPSA) is 39.8 Å². The summed E-state index contributed by atoms with van der Waals surface area (Å²) >= 11 is 3.47. The fourth-order valence-corrected chi connectivity index (χ4v) is 4.13. The Bertz CT molecular complexity index is 1410. The van der Waals surface area contributed by atoms with Gasteiger partial charge in [-0.3, -0.25) is 4.79 Å². The molecule has 31 heavy (non-hydrogen) atoms. The minimum Gasteiger partial charge on any atom is -0.328 e. The minimum atomic E-state index is -0.0261. The molecule has 5 aromatic rings. The van der Waals surface area contributed by atoms with Crippen LogP contribution in [0.4, 0.5) is 0 Å². The summed E-state index contributed by atoms with van der Waals surface area (Å²) < 4.78 is 4.86. The molecule has 152 valence electrons. The van der Waals surface area contributed by atoms with Gasteiger partial charge in [-0.25, -0.2) is 4.98 Å². The van der Waals surface area contributed by atoms with E-state index in [0.29, 0.717) is 13.1 Å². The molecule has 2 heterocycles. The fraction of sp³-hybridized carbons (Fsp3) is 0.0769. The molecule has 2 aromatic heterocycles. The van der Waals surface area contributed by atoms with Gasteiger partial charge in [-0.05, 0) is 45.7 Å². The molecule has 0 aliphatic rings. The van der Waals surface area contributed by atoms with Crippen molar-refractivity contribution in [3.8, 4) is 11.1 Å². The summed E-state index contributed by atoms with van der Waals surface area (Å²) in [4.78, 5) is 17.2. The van der Waals surface area contributed by atoms with E-state index in [4.69, 9.17) is 0 Å². The summed E-state index contributed by atoms with van der Waals surface area (Å²) in [5, 5.41) is 2.32. The summed E-state index contributed by atoms with van der Waals surface area (Å²) in [6, 6.07) is 26.4. The molecule has 0 saturated carbocycles. The molecule has 0 unspecified atom stereocenters. The van der Waals surface area contributed by atoms with E-state index >= 15 is 0 Å². The normalized spacial score (nSPS) is 11.1. The van der Waals surface area contributed by atoms with E-state index < -0.39 is 0 Å². The minimum absolute atomic E-state index is 0.0261. The van der Waals surface area contributed by atoms with Crippen molar-refractivity contribution in [3.63, 3.8) is 0 Å². The Balaban J connectivity index is 1.42. The Morgan fingerprint density at radius 2 is 1.65 bits per heavy atom. The van der Waals surface area contributed by atoms with Crippen LogP contribution < -0.4 is 5.56 Å². The number of halogens is 1. The van der Waals surface area contributed by atoms with Gasteiger partial charge in [0.1, 0.15) is 0 Å². The molecule has 0 aliphatic carbocycles. The van der Waals surface area contributed by atoms with Crippen molar-refractivity contribution in [1.82, 2.24) is 14.1 Å². The lowest BCUT2D eigenvalue weighted by Crippen LogP contribution is -2.20. The van der Waals surface area contributed by atoms with E-state index in [1.54, 1.807) is 10.6 Å². The van der Waals surface area contributed by atoms with Crippen LogP contribution in [-0.4, -0.2) is 14.1 Å². The Hall–Kier alpha value is -3.44. The number of imidazole rings is 1. The molecule has 0 atom stereocenters. The van der Waals surface area contributed by atoms with Gasteiger partial charge in [0.05, 0.1) is 18.6 Å². The maximum atomic E-state index is 12.9. The lowest BCUT2D eigenvalue weighted by molar-refractivity contribution is 0.671. The molecular weight excluding hydrogens is 450 g/mol. The van der Waals surface area contributed by atoms with E-state index in [0.717, 1.165) is 26.7 Å². The highest BCUT2D eigenvalue weighted by atomic mass is 79.9. The Morgan fingerprint density at radius 3 is 2.48 bits per heavy atom. The highest BCUT2D eigenvalue weighted by Crippen LogP contribution is 2.27. The highest BCUT2D eigenvalue weighted by molar-refractivity contribution is 9.10. The Kier molecular flexibility index (Phi) is 5.26. The molecule has 0 aliphatic heterocycles. The monoisotopic (exact) mass is 469 g/mol. The van der Waals surface area contributed by atoms with Crippen LogP contribution in [0.1, 0.15) is 11.3 Å². The summed E-state index contributed by atoms with van der Waals surface area (Å²) in [6.45, 7) is 1.19. The number of benzene rings is 3. The summed E-state index contributed by atoms with van der Waals surface area (Å²) in [6.07, 6.45) is 5.51. The lowest BCUT2D eigenvalue weighted by Gasteiger charge is -2.12. The number of fused-ring (bicyclic) bond motifs is 1. The second-order valence-corrected chi connectivity index (χ2v) is 8.46. The first-order valence-corrected chi connectivity index (χ1v) is 10.9. The van der Waals surface area contributed by atoms with E-state index in [2.05, 4.69) is 61.9 Å². The van der Waals surface area contributed by atoms with E-state index in [-0.39, 0.29) is 5.56 Å². The number of pyridine rings is 1. The zero-order chi connectivity index (χ0) is 21.2. The molecule has 0 fully saturated rings. The first-order chi connectivity index (χ1) is 15.2. The van der Waals surface area contributed by atoms with Gasteiger partial charge in [0.2, 0.25) is 0 Å². The number of rotatable bonds is 5. The fourth-order valence-electron chi connectivity index (χ4n) is 3.87. The van der Waals surface area contributed by atoms with Gasteiger partial charge in [0.15, 0.2) is 0 Å². The van der Waals surface area contributed by atoms with Crippen LogP contribution in [0.25, 0.3) is 21.9 Å². The van der Waals surface area contributed by atoms with Crippen molar-refractivity contribution in [1.29, 1.82) is 0 Å². The Labute approximate surface area is 188 Å². The number of aromatic nitrogens is 3. The second-order valence-electron chi connectivity index (χ2n) is 7.55. The molecule has 0 bridgehead atoms. The molecule has 0 N–H and O–H groups in total. The predicted octanol–water partition coefficient (Wildman–Crippen LogP) is 5.72. The number of hydrogen-bond donors (Lipinski definition) is 0. The molecule has 0 radical (unpaired) electrons. The van der Waals surface area contributed by atoms with Crippen molar-refractivity contribution in [3.05, 3.63) is 124 Å². The summed E-state index contributed by atoms with van der Waals surface area (Å²) in [5.41, 5.74) is 4.15. The third-order valence-electron chi connectivity index (χ3n) is 5.49. The molecule has 0 amide bonds. The molecule has 3 aromatic carbocycles. The second kappa shape index (κ2) is 8.36. The van der Waals surface area contributed by atoms with Gasteiger partial charge in [0, 0.05) is 29.5 Å². The molecule has 4 nitrogen and oxygen atoms in total. The van der Waals surface area contributed by atoms with Crippen LogP contribution >= 0.6 is 15.9 Å². The van der Waals surface area contributed by atoms with Crippen LogP contribution in [0, 0.1) is 0 Å². The van der Waals surface area contributed by atoms with Crippen LogP contribution in [0.5, 0.6) is 0 Å². The van der Waals surface area contributed by atoms with Gasteiger partial charge in [-0.2, -0.15) is 0 Å². The maximum Gasteiger partial charge on any atom is 0.251 e. The van der Waals surface area contributed by atoms with Gasteiger partial charge >= 0.3 is 0 Å². The zero-order valence-electron chi connectivity index (χ0n) is 16.8. The third kappa shape index (κ3) is 4.09. The van der Waals surface area contributed by atoms with Gasteiger partial charge in [0.25, 0.3) is 5.56 Å². The van der Waals surface area contributed by atoms with E-state index in [9.17, 15) is 4.79 Å². The standard InChI is InChI=1S/C26H20BrN3O/c27-22-10-8-19(9-11-22)16-30-18-28-15-23(30)17-29-13-12-21(14-26(29)31)25-7-3-5-20-4-1-2-6-24(20)25/h1-15,18H,16-17H2. The first kappa shape index (κ1) is 19.5. The van der Waals surface area contributed by atoms with E-state index in [1.165, 1.54) is 10.9 Å². The highest BCUT2D eigenvalue weighted by Gasteiger charge is 2.08. The summed E-state index contributed by atoms with van der Waals surface area (Å²) in [7, 11) is 0. The molecule has 5 rings (SSSR count). The van der Waals surface area contributed by atoms with Crippen molar-refractivity contribution in [2.75, 3.05) is 0 Å². The average Bonchev–Trinajstić information content (AvgIpc) is 3.23. The molecule has 0 spiro atoms. The molecular formula is C26H20BrN3O. The van der Waals surface area contributed by atoms with Crippen molar-refractivity contribution < 1.29 is 0 Å². The van der Waals surface area contributed by atoms with Gasteiger partial charge in [-0.15, -0.1) is 0 Å². The lowest BCUT2D eigenvalue weighted by atomic mass is 9.99. The maximum absolute atomic E-state index is 12.9. The largest absolute Gasteiger partial charge is 0.328 e. The van der Waals surface area contributed by atoms with E-state index in [1.807, 2.05) is 55.1 Å². The van der Waals surface area contributed by atoms with Crippen LogP contribution in [-0.2, 0) is 13.1 Å². The van der Waals surface area contributed by atoms with Crippen molar-refractivity contribution in [2.24, 2.45) is 0 Å². The quantitative estimate of drug-likeness (QED) is 0.330. The molecule has 5 heteroatoms. The third-order valence-corrected chi connectivity index (χ3v) is 6.02. The van der Waals surface area contributed by atoms with Gasteiger partial charge < -0.3 is 9.13 Å². The summed E-state index contributed by atoms with van der Waals surface area (Å²) in [5.74, 6) is 0. The smallest absolute Gasteiger partial charge is 0.251 e. The predicted molar refractivity (Wildman–Crippen MR) is 128 cm³/mol. The average molecular weight is 470 g/mol. The number of hydrogen-bond acceptors (Lipinski definition) is 2. The number of nitrogens with zero attached hydrogens (tertiary/aromatic N) is 3. The van der Waals surface area contributed by atoms with Crippen LogP contribution in [0.3, 0.4) is 0 Å². The van der Waals surface area contributed by atoms with Gasteiger partial charge in [-0.1, -0.05) is 70.5 Å². The zero-order valence-corrected chi connectivity index (χ0v) is 18.4. The van der Waals surface area contributed by atoms with Crippen LogP contribution in [0.2, 0.25) is 0 Å². The first-order valence-electron chi connectivity index (χ1n) is 10.1.